The molecule has 0 N–H and O–H groups in total. The number of methoxy groups -OCH3 is 1. The molecule has 6 nitrogen and oxygen atoms in total. The van der Waals surface area contributed by atoms with Crippen molar-refractivity contribution in [2.75, 3.05) is 33.4 Å². The third-order valence-corrected chi connectivity index (χ3v) is 6.06. The molecule has 6 heteroatoms. The van der Waals surface area contributed by atoms with Crippen LogP contribution in [0.3, 0.4) is 0 Å². The zero-order valence-corrected chi connectivity index (χ0v) is 18.4. The van der Waals surface area contributed by atoms with Crippen LogP contribution in [0.2, 0.25) is 0 Å². The van der Waals surface area contributed by atoms with Crippen molar-refractivity contribution in [3.8, 4) is 16.9 Å². The average molecular weight is 429 g/mol. The zero-order chi connectivity index (χ0) is 21.8. The molecule has 0 unspecified atom stereocenters. The van der Waals surface area contributed by atoms with Crippen molar-refractivity contribution in [2.45, 2.75) is 13.0 Å². The van der Waals surface area contributed by atoms with E-state index in [-0.39, 0.29) is 0 Å². The molecule has 4 aromatic rings. The van der Waals surface area contributed by atoms with Gasteiger partial charge < -0.3 is 13.9 Å². The summed E-state index contributed by atoms with van der Waals surface area (Å²) >= 11 is 0. The van der Waals surface area contributed by atoms with Gasteiger partial charge in [0.25, 0.3) is 0 Å². The van der Waals surface area contributed by atoms with E-state index in [1.165, 1.54) is 11.1 Å². The Morgan fingerprint density at radius 1 is 1.06 bits per heavy atom. The normalized spacial score (nSPS) is 17.3. The number of rotatable bonds is 6. The Balaban J connectivity index is 1.34. The van der Waals surface area contributed by atoms with Gasteiger partial charge >= 0.3 is 0 Å². The van der Waals surface area contributed by atoms with Crippen LogP contribution in [-0.4, -0.2) is 52.7 Å². The van der Waals surface area contributed by atoms with Gasteiger partial charge in [-0.15, -0.1) is 0 Å². The SMILES string of the molecule is COc1ccccc1-c1ccccc1CN1CCOC[C@@H](Cc2cn3ccnc3cn2)C1. The number of benzene rings is 2. The van der Waals surface area contributed by atoms with Crippen LogP contribution in [0, 0.1) is 5.92 Å². The topological polar surface area (TPSA) is 51.9 Å². The number of hydrogen-bond acceptors (Lipinski definition) is 5. The number of hydrogen-bond donors (Lipinski definition) is 0. The lowest BCUT2D eigenvalue weighted by molar-refractivity contribution is 0.121. The number of aromatic nitrogens is 3. The second kappa shape index (κ2) is 9.51. The summed E-state index contributed by atoms with van der Waals surface area (Å²) in [6.07, 6.45) is 8.57. The van der Waals surface area contributed by atoms with E-state index in [2.05, 4.69) is 57.5 Å². The van der Waals surface area contributed by atoms with E-state index in [9.17, 15) is 0 Å². The fraction of sp³-hybridized carbons (Fsp3) is 0.308. The maximum Gasteiger partial charge on any atom is 0.155 e. The second-order valence-corrected chi connectivity index (χ2v) is 8.31. The first-order chi connectivity index (χ1) is 15.8. The molecular formula is C26H28N4O2. The van der Waals surface area contributed by atoms with Gasteiger partial charge in [0.2, 0.25) is 0 Å². The number of fused-ring (bicyclic) bond motifs is 1. The minimum absolute atomic E-state index is 0.393. The first-order valence-corrected chi connectivity index (χ1v) is 11.1. The Hall–Kier alpha value is -3.22. The van der Waals surface area contributed by atoms with Gasteiger partial charge in [0.15, 0.2) is 5.65 Å². The van der Waals surface area contributed by atoms with E-state index < -0.39 is 0 Å². The Morgan fingerprint density at radius 3 is 2.81 bits per heavy atom. The Bertz CT molecular complexity index is 1190. The summed E-state index contributed by atoms with van der Waals surface area (Å²) in [4.78, 5) is 11.4. The van der Waals surface area contributed by atoms with Crippen molar-refractivity contribution in [2.24, 2.45) is 5.92 Å². The van der Waals surface area contributed by atoms with E-state index >= 15 is 0 Å². The lowest BCUT2D eigenvalue weighted by Gasteiger charge is -2.24. The molecule has 5 rings (SSSR count). The van der Waals surface area contributed by atoms with Gasteiger partial charge in [-0.3, -0.25) is 9.88 Å². The fourth-order valence-electron chi connectivity index (χ4n) is 4.52. The van der Waals surface area contributed by atoms with Crippen LogP contribution in [-0.2, 0) is 17.7 Å². The minimum atomic E-state index is 0.393. The van der Waals surface area contributed by atoms with E-state index in [1.54, 1.807) is 13.3 Å². The number of ether oxygens (including phenoxy) is 2. The second-order valence-electron chi connectivity index (χ2n) is 8.31. The zero-order valence-electron chi connectivity index (χ0n) is 18.4. The molecule has 1 aliphatic rings. The molecule has 2 aromatic carbocycles. The summed E-state index contributed by atoms with van der Waals surface area (Å²) in [7, 11) is 1.73. The van der Waals surface area contributed by atoms with Gasteiger partial charge in [0.05, 0.1) is 32.2 Å². The van der Waals surface area contributed by atoms with Crippen LogP contribution in [0.5, 0.6) is 5.75 Å². The van der Waals surface area contributed by atoms with Crippen molar-refractivity contribution >= 4 is 5.65 Å². The number of nitrogens with zero attached hydrogens (tertiary/aromatic N) is 4. The Morgan fingerprint density at radius 2 is 1.91 bits per heavy atom. The van der Waals surface area contributed by atoms with E-state index in [0.717, 1.165) is 61.9 Å². The van der Waals surface area contributed by atoms with Crippen molar-refractivity contribution < 1.29 is 9.47 Å². The maximum atomic E-state index is 5.96. The van der Waals surface area contributed by atoms with E-state index in [4.69, 9.17) is 9.47 Å². The first kappa shape index (κ1) is 20.7. The summed E-state index contributed by atoms with van der Waals surface area (Å²) < 4.78 is 13.6. The fourth-order valence-corrected chi connectivity index (χ4v) is 4.52. The smallest absolute Gasteiger partial charge is 0.155 e. The molecule has 32 heavy (non-hydrogen) atoms. The molecule has 0 radical (unpaired) electrons. The van der Waals surface area contributed by atoms with Crippen molar-refractivity contribution in [1.82, 2.24) is 19.3 Å². The van der Waals surface area contributed by atoms with Crippen LogP contribution in [0.4, 0.5) is 0 Å². The highest BCUT2D eigenvalue weighted by atomic mass is 16.5. The van der Waals surface area contributed by atoms with Crippen molar-refractivity contribution in [1.29, 1.82) is 0 Å². The van der Waals surface area contributed by atoms with Crippen molar-refractivity contribution in [3.63, 3.8) is 0 Å². The van der Waals surface area contributed by atoms with E-state index in [1.807, 2.05) is 28.9 Å². The molecular weight excluding hydrogens is 400 g/mol. The molecule has 1 saturated heterocycles. The largest absolute Gasteiger partial charge is 0.496 e. The number of imidazole rings is 1. The molecule has 164 valence electrons. The summed E-state index contributed by atoms with van der Waals surface area (Å²) in [6.45, 7) is 4.28. The quantitative estimate of drug-likeness (QED) is 0.463. The molecule has 1 atom stereocenters. The molecule has 1 aliphatic heterocycles. The highest BCUT2D eigenvalue weighted by Gasteiger charge is 2.21. The van der Waals surface area contributed by atoms with Crippen molar-refractivity contribution in [3.05, 3.63) is 84.6 Å². The lowest BCUT2D eigenvalue weighted by atomic mass is 9.97. The Kier molecular flexibility index (Phi) is 6.14. The van der Waals surface area contributed by atoms with Gasteiger partial charge in [0, 0.05) is 49.7 Å². The molecule has 0 spiro atoms. The minimum Gasteiger partial charge on any atom is -0.496 e. The van der Waals surface area contributed by atoms with Crippen LogP contribution in [0.15, 0.2) is 73.3 Å². The van der Waals surface area contributed by atoms with E-state index in [0.29, 0.717) is 5.92 Å². The molecule has 3 heterocycles. The maximum absolute atomic E-state index is 5.96. The van der Waals surface area contributed by atoms with Crippen LogP contribution >= 0.6 is 0 Å². The third kappa shape index (κ3) is 4.52. The lowest BCUT2D eigenvalue weighted by Crippen LogP contribution is -2.30. The average Bonchev–Trinajstić information content (AvgIpc) is 3.19. The predicted octanol–water partition coefficient (Wildman–Crippen LogP) is 4.10. The first-order valence-electron chi connectivity index (χ1n) is 11.1. The van der Waals surface area contributed by atoms with Gasteiger partial charge in [0.1, 0.15) is 5.75 Å². The van der Waals surface area contributed by atoms with Crippen LogP contribution in [0.25, 0.3) is 16.8 Å². The van der Waals surface area contributed by atoms with Gasteiger partial charge in [-0.25, -0.2) is 4.98 Å². The molecule has 0 amide bonds. The van der Waals surface area contributed by atoms with Crippen LogP contribution in [0.1, 0.15) is 11.3 Å². The molecule has 0 bridgehead atoms. The standard InChI is InChI=1S/C26H28N4O2/c1-31-25-9-5-4-8-24(25)23-7-3-2-6-21(23)17-29-12-13-32-19-20(16-29)14-22-18-30-11-10-27-26(30)15-28-22/h2-11,15,18,20H,12-14,16-17,19H2,1H3/t20-/m0/s1. The monoisotopic (exact) mass is 428 g/mol. The van der Waals surface area contributed by atoms with Gasteiger partial charge in [-0.05, 0) is 23.6 Å². The highest BCUT2D eigenvalue weighted by Crippen LogP contribution is 2.32. The molecule has 1 fully saturated rings. The summed E-state index contributed by atoms with van der Waals surface area (Å²) in [5.41, 5.74) is 5.60. The van der Waals surface area contributed by atoms with Crippen LogP contribution < -0.4 is 4.74 Å². The number of para-hydroxylation sites is 1. The predicted molar refractivity (Wildman–Crippen MR) is 125 cm³/mol. The molecule has 2 aromatic heterocycles. The van der Waals surface area contributed by atoms with Gasteiger partial charge in [-0.2, -0.15) is 0 Å². The Labute approximate surface area is 188 Å². The van der Waals surface area contributed by atoms with Gasteiger partial charge in [-0.1, -0.05) is 42.5 Å². The molecule has 0 saturated carbocycles. The summed E-state index contributed by atoms with van der Waals surface area (Å²) in [5, 5.41) is 0. The molecule has 0 aliphatic carbocycles. The summed E-state index contributed by atoms with van der Waals surface area (Å²) in [6, 6.07) is 16.8. The third-order valence-electron chi connectivity index (χ3n) is 6.06. The summed E-state index contributed by atoms with van der Waals surface area (Å²) in [5.74, 6) is 1.29. The highest BCUT2D eigenvalue weighted by molar-refractivity contribution is 5.73.